The topological polar surface area (TPSA) is 44.8 Å². The number of esters is 1. The number of hydrogen-bond acceptors (Lipinski definition) is 4. The number of carbonyl (C=O) groups is 1. The third kappa shape index (κ3) is 5.70. The summed E-state index contributed by atoms with van der Waals surface area (Å²) >= 11 is 0. The van der Waals surface area contributed by atoms with Gasteiger partial charge in [-0.25, -0.2) is 0 Å². The lowest BCUT2D eigenvalue weighted by molar-refractivity contribution is -0.923. The lowest BCUT2D eigenvalue weighted by Gasteiger charge is -2.58. The molecule has 6 heteroatoms. The molecule has 11 atom stereocenters. The first-order chi connectivity index (χ1) is 20.0. The fourth-order valence-electron chi connectivity index (χ4n) is 11.7. The lowest BCUT2D eigenvalue weighted by Crippen LogP contribution is -3.00. The summed E-state index contributed by atoms with van der Waals surface area (Å²) in [6, 6.07) is 0. The molecule has 0 aromatic heterocycles. The SMILES string of the molecule is CC[N+](CC)(CC)CCCC(=O)O[C@H]1CC[C@@]2(C)C(=CC[C@H]3[C@@H]4C[C@@H]5O[C@@]6(CC[C@H](C)CO6)[C@@H](C)[C@@H]5[C@@]4(C)CC[C@@H]32)C1.[I-]. The maximum absolute atomic E-state index is 12.9. The Morgan fingerprint density at radius 3 is 2.44 bits per heavy atom. The Labute approximate surface area is 280 Å². The number of quaternary nitrogens is 1. The first-order valence-corrected chi connectivity index (χ1v) is 18.1. The van der Waals surface area contributed by atoms with Crippen molar-refractivity contribution < 1.29 is 47.5 Å². The van der Waals surface area contributed by atoms with Crippen molar-refractivity contribution in [1.29, 1.82) is 0 Å². The van der Waals surface area contributed by atoms with Gasteiger partial charge >= 0.3 is 5.97 Å². The van der Waals surface area contributed by atoms with Crippen LogP contribution in [0.1, 0.15) is 119 Å². The van der Waals surface area contributed by atoms with Crippen LogP contribution < -0.4 is 24.0 Å². The molecule has 5 nitrogen and oxygen atoms in total. The molecule has 2 aliphatic heterocycles. The molecule has 0 aromatic rings. The van der Waals surface area contributed by atoms with Crippen molar-refractivity contribution in [3.8, 4) is 0 Å². The van der Waals surface area contributed by atoms with Gasteiger partial charge in [0, 0.05) is 25.2 Å². The van der Waals surface area contributed by atoms with E-state index in [4.69, 9.17) is 14.2 Å². The van der Waals surface area contributed by atoms with E-state index in [-0.39, 0.29) is 47.3 Å². The second-order valence-electron chi connectivity index (χ2n) is 16.2. The van der Waals surface area contributed by atoms with Crippen molar-refractivity contribution in [1.82, 2.24) is 0 Å². The molecule has 2 heterocycles. The molecule has 0 N–H and O–H groups in total. The van der Waals surface area contributed by atoms with E-state index in [1.807, 2.05) is 0 Å². The summed E-state index contributed by atoms with van der Waals surface area (Å²) in [5, 5.41) is 0. The van der Waals surface area contributed by atoms with Crippen molar-refractivity contribution in [3.63, 3.8) is 0 Å². The molecular weight excluding hydrogens is 649 g/mol. The molecule has 0 radical (unpaired) electrons. The van der Waals surface area contributed by atoms with Gasteiger partial charge in [0.2, 0.25) is 0 Å². The van der Waals surface area contributed by atoms with Crippen LogP contribution in [0.3, 0.4) is 0 Å². The van der Waals surface area contributed by atoms with Gasteiger partial charge in [-0.1, -0.05) is 39.3 Å². The first-order valence-electron chi connectivity index (χ1n) is 18.1. The fourth-order valence-corrected chi connectivity index (χ4v) is 11.7. The molecule has 0 bridgehead atoms. The van der Waals surface area contributed by atoms with E-state index < -0.39 is 0 Å². The minimum atomic E-state index is -0.321. The minimum Gasteiger partial charge on any atom is -1.00 e. The zero-order valence-electron chi connectivity index (χ0n) is 28.5. The van der Waals surface area contributed by atoms with E-state index in [1.54, 1.807) is 5.57 Å². The van der Waals surface area contributed by atoms with Crippen LogP contribution in [0.5, 0.6) is 0 Å². The molecule has 1 spiro atoms. The Bertz CT molecular complexity index is 1030. The number of nitrogens with zero attached hydrogens (tertiary/aromatic N) is 1. The van der Waals surface area contributed by atoms with Crippen molar-refractivity contribution in [2.24, 2.45) is 46.3 Å². The van der Waals surface area contributed by atoms with E-state index >= 15 is 0 Å². The van der Waals surface area contributed by atoms with E-state index in [0.717, 1.165) is 87.1 Å². The molecule has 6 aliphatic rings. The van der Waals surface area contributed by atoms with Gasteiger partial charge < -0.3 is 42.7 Å². The monoisotopic (exact) mass is 711 g/mol. The maximum atomic E-state index is 12.9. The van der Waals surface area contributed by atoms with Crippen LogP contribution in [-0.2, 0) is 19.0 Å². The normalized spacial score (nSPS) is 45.3. The van der Waals surface area contributed by atoms with Crippen molar-refractivity contribution >= 4 is 5.97 Å². The van der Waals surface area contributed by atoms with E-state index in [2.05, 4.69) is 54.5 Å². The van der Waals surface area contributed by atoms with Gasteiger partial charge in [-0.05, 0) is 106 Å². The van der Waals surface area contributed by atoms with Crippen molar-refractivity contribution in [2.75, 3.05) is 32.8 Å². The summed E-state index contributed by atoms with van der Waals surface area (Å²) in [7, 11) is 0. The Balaban J connectivity index is 0.00000368. The number of fused-ring (bicyclic) bond motifs is 7. The van der Waals surface area contributed by atoms with E-state index in [0.29, 0.717) is 35.7 Å². The highest BCUT2D eigenvalue weighted by Gasteiger charge is 2.68. The number of ether oxygens (including phenoxy) is 3. The molecule has 43 heavy (non-hydrogen) atoms. The third-order valence-corrected chi connectivity index (χ3v) is 14.6. The van der Waals surface area contributed by atoms with E-state index in [1.165, 1.54) is 32.1 Å². The fraction of sp³-hybridized carbons (Fsp3) is 0.919. The van der Waals surface area contributed by atoms with Crippen molar-refractivity contribution in [2.45, 2.75) is 137 Å². The molecule has 4 aliphatic carbocycles. The predicted molar refractivity (Wildman–Crippen MR) is 168 cm³/mol. The molecular formula is C37H62INO4. The van der Waals surface area contributed by atoms with Crippen LogP contribution >= 0.6 is 0 Å². The Hall–Kier alpha value is -0.180. The minimum absolute atomic E-state index is 0. The Kier molecular flexibility index (Phi) is 10.2. The van der Waals surface area contributed by atoms with Crippen LogP contribution in [0.2, 0.25) is 0 Å². The third-order valence-electron chi connectivity index (χ3n) is 14.6. The Morgan fingerprint density at radius 2 is 1.77 bits per heavy atom. The largest absolute Gasteiger partial charge is 1.00 e. The molecule has 0 amide bonds. The molecule has 0 unspecified atom stereocenters. The number of carbonyl (C=O) groups excluding carboxylic acids is 1. The van der Waals surface area contributed by atoms with Gasteiger partial charge in [-0.2, -0.15) is 0 Å². The number of hydrogen-bond donors (Lipinski definition) is 0. The number of halogens is 1. The van der Waals surface area contributed by atoms with Crippen LogP contribution in [0.4, 0.5) is 0 Å². The lowest BCUT2D eigenvalue weighted by atomic mass is 9.47. The highest BCUT2D eigenvalue weighted by atomic mass is 127. The van der Waals surface area contributed by atoms with Gasteiger partial charge in [0.15, 0.2) is 5.79 Å². The quantitative estimate of drug-likeness (QED) is 0.155. The summed E-state index contributed by atoms with van der Waals surface area (Å²) in [6.45, 7) is 22.1. The molecule has 2 saturated heterocycles. The molecule has 3 saturated carbocycles. The highest BCUT2D eigenvalue weighted by Crippen LogP contribution is 2.70. The number of rotatable bonds is 8. The highest BCUT2D eigenvalue weighted by molar-refractivity contribution is 5.69. The Morgan fingerprint density at radius 1 is 1.02 bits per heavy atom. The van der Waals surface area contributed by atoms with Gasteiger partial charge in [-0.3, -0.25) is 4.79 Å². The smallest absolute Gasteiger partial charge is 0.306 e. The second kappa shape index (κ2) is 12.8. The zero-order valence-corrected chi connectivity index (χ0v) is 30.6. The summed E-state index contributed by atoms with van der Waals surface area (Å²) in [4.78, 5) is 12.9. The zero-order chi connectivity index (χ0) is 29.9. The summed E-state index contributed by atoms with van der Waals surface area (Å²) in [6.07, 6.45) is 15.1. The van der Waals surface area contributed by atoms with E-state index in [9.17, 15) is 4.79 Å². The second-order valence-corrected chi connectivity index (χ2v) is 16.2. The molecule has 246 valence electrons. The molecule has 6 rings (SSSR count). The average molecular weight is 712 g/mol. The van der Waals surface area contributed by atoms with Crippen LogP contribution in [-0.4, -0.2) is 61.2 Å². The number of allylic oxidation sites excluding steroid dienone is 1. The maximum Gasteiger partial charge on any atom is 0.306 e. The van der Waals surface area contributed by atoms with Crippen LogP contribution in [0.25, 0.3) is 0 Å². The molecule has 5 fully saturated rings. The summed E-state index contributed by atoms with van der Waals surface area (Å²) in [5.74, 6) is 3.73. The summed E-state index contributed by atoms with van der Waals surface area (Å²) in [5.41, 5.74) is 2.22. The average Bonchev–Trinajstić information content (AvgIpc) is 3.43. The van der Waals surface area contributed by atoms with Gasteiger partial charge in [0.25, 0.3) is 0 Å². The van der Waals surface area contributed by atoms with Gasteiger partial charge in [0.1, 0.15) is 6.10 Å². The molecule has 0 aromatic carbocycles. The summed E-state index contributed by atoms with van der Waals surface area (Å²) < 4.78 is 20.7. The van der Waals surface area contributed by atoms with Crippen molar-refractivity contribution in [3.05, 3.63) is 11.6 Å². The van der Waals surface area contributed by atoms with Crippen LogP contribution in [0, 0.1) is 46.3 Å². The predicted octanol–water partition coefficient (Wildman–Crippen LogP) is 4.93. The van der Waals surface area contributed by atoms with Crippen LogP contribution in [0.15, 0.2) is 11.6 Å². The van der Waals surface area contributed by atoms with Gasteiger partial charge in [0.05, 0.1) is 45.3 Å². The standard InChI is InChI=1S/C37H62NO4.HI/c1-8-38(9-2,10-3)21-11-12-33(39)41-28-16-18-35(6)27(22-28)13-14-29-30(35)17-19-36(7)31(29)23-32-34(36)26(5)37(42-32)20-15-25(4)24-40-37;/h13,25-26,28-32,34H,8-12,14-24H2,1-7H3;1H/q+1;/p-1/t25-,26-,28-,29+,30-,31-,32-,34-,35-,36-,37-;/m0./s1. The van der Waals surface area contributed by atoms with Gasteiger partial charge in [-0.15, -0.1) is 0 Å². The first kappa shape index (κ1) is 34.2.